The zero-order valence-corrected chi connectivity index (χ0v) is 13.1. The molecule has 1 aliphatic rings. The summed E-state index contributed by atoms with van der Waals surface area (Å²) < 4.78 is 12.4. The average molecular weight is 258 g/mol. The van der Waals surface area contributed by atoms with Crippen LogP contribution >= 0.6 is 0 Å². The molecule has 1 fully saturated rings. The van der Waals surface area contributed by atoms with Gasteiger partial charge in [-0.05, 0) is 45.1 Å². The van der Waals surface area contributed by atoms with Gasteiger partial charge in [0.25, 0.3) is 0 Å². The molecule has 3 heteroatoms. The quantitative estimate of drug-likeness (QED) is 0.597. The van der Waals surface area contributed by atoms with Gasteiger partial charge in [-0.3, -0.25) is 0 Å². The fourth-order valence-electron chi connectivity index (χ4n) is 2.97. The summed E-state index contributed by atoms with van der Waals surface area (Å²) in [5.41, 5.74) is 0.751. The lowest BCUT2D eigenvalue weighted by atomic mass is 10.2. The van der Waals surface area contributed by atoms with Crippen molar-refractivity contribution in [3.8, 4) is 0 Å². The summed E-state index contributed by atoms with van der Waals surface area (Å²) in [5.74, 6) is 0.754. The van der Waals surface area contributed by atoms with Gasteiger partial charge in [0.05, 0.1) is 0 Å². The minimum absolute atomic E-state index is 0.751. The zero-order chi connectivity index (χ0) is 12.7. The van der Waals surface area contributed by atoms with Crippen molar-refractivity contribution in [2.45, 2.75) is 71.4 Å². The molecule has 1 rings (SSSR count). The van der Waals surface area contributed by atoms with Crippen molar-refractivity contribution < 1.29 is 8.85 Å². The third-order valence-corrected chi connectivity index (χ3v) is 8.19. The lowest BCUT2D eigenvalue weighted by Gasteiger charge is -2.35. The minimum Gasteiger partial charge on any atom is -0.394 e. The molecule has 0 N–H and O–H groups in total. The van der Waals surface area contributed by atoms with Gasteiger partial charge in [0.15, 0.2) is 0 Å². The molecular formula is C14H30O2Si. The fourth-order valence-corrected chi connectivity index (χ4v) is 7.47. The van der Waals surface area contributed by atoms with Crippen molar-refractivity contribution in [3.63, 3.8) is 0 Å². The van der Waals surface area contributed by atoms with Crippen LogP contribution in [-0.2, 0) is 8.85 Å². The van der Waals surface area contributed by atoms with Crippen LogP contribution in [0.25, 0.3) is 0 Å². The van der Waals surface area contributed by atoms with Crippen LogP contribution in [0.15, 0.2) is 0 Å². The summed E-state index contributed by atoms with van der Waals surface area (Å²) in [6.45, 7) is 10.5. The van der Waals surface area contributed by atoms with Gasteiger partial charge in [-0.1, -0.05) is 26.7 Å². The first kappa shape index (κ1) is 15.2. The van der Waals surface area contributed by atoms with E-state index < -0.39 is 8.56 Å². The Bertz CT molecular complexity index is 194. The van der Waals surface area contributed by atoms with Crippen molar-refractivity contribution in [3.05, 3.63) is 0 Å². The highest BCUT2D eigenvalue weighted by molar-refractivity contribution is 6.69. The summed E-state index contributed by atoms with van der Waals surface area (Å²) in [4.78, 5) is 0. The maximum atomic E-state index is 6.22. The predicted molar refractivity (Wildman–Crippen MR) is 75.5 cm³/mol. The fraction of sp³-hybridized carbons (Fsp3) is 1.00. The smallest absolute Gasteiger partial charge is 0.341 e. The molecule has 102 valence electrons. The van der Waals surface area contributed by atoms with Crippen LogP contribution in [0.1, 0.15) is 59.8 Å². The maximum absolute atomic E-state index is 6.22. The highest BCUT2D eigenvalue weighted by Crippen LogP contribution is 2.42. The van der Waals surface area contributed by atoms with Crippen LogP contribution in [-0.4, -0.2) is 21.8 Å². The van der Waals surface area contributed by atoms with E-state index in [0.717, 1.165) is 24.7 Å². The van der Waals surface area contributed by atoms with E-state index >= 15 is 0 Å². The van der Waals surface area contributed by atoms with Crippen molar-refractivity contribution in [1.82, 2.24) is 0 Å². The Morgan fingerprint density at radius 1 is 1.06 bits per heavy atom. The Hall–Kier alpha value is 0.137. The first-order chi connectivity index (χ1) is 8.14. The van der Waals surface area contributed by atoms with E-state index in [4.69, 9.17) is 8.85 Å². The van der Waals surface area contributed by atoms with Crippen LogP contribution in [0.2, 0.25) is 11.6 Å². The summed E-state index contributed by atoms with van der Waals surface area (Å²) in [7, 11) is -1.93. The Labute approximate surface area is 108 Å². The minimum atomic E-state index is -1.93. The van der Waals surface area contributed by atoms with Gasteiger partial charge in [0.2, 0.25) is 0 Å². The van der Waals surface area contributed by atoms with Crippen LogP contribution in [0, 0.1) is 5.92 Å². The molecule has 17 heavy (non-hydrogen) atoms. The Morgan fingerprint density at radius 3 is 2.00 bits per heavy atom. The highest BCUT2D eigenvalue weighted by atomic mass is 28.4. The first-order valence-electron chi connectivity index (χ1n) is 7.42. The van der Waals surface area contributed by atoms with Gasteiger partial charge < -0.3 is 8.85 Å². The van der Waals surface area contributed by atoms with E-state index in [9.17, 15) is 0 Å². The molecule has 0 saturated heterocycles. The molecule has 0 unspecified atom stereocenters. The van der Waals surface area contributed by atoms with E-state index in [1.807, 2.05) is 0 Å². The maximum Gasteiger partial charge on any atom is 0.341 e. The molecule has 0 aromatic rings. The summed E-state index contributed by atoms with van der Waals surface area (Å²) >= 11 is 0. The summed E-state index contributed by atoms with van der Waals surface area (Å²) in [5, 5.41) is 0. The molecule has 0 heterocycles. The molecule has 0 aliphatic heterocycles. The summed E-state index contributed by atoms with van der Waals surface area (Å²) in [6.07, 6.45) is 6.68. The lowest BCUT2D eigenvalue weighted by Crippen LogP contribution is -2.46. The van der Waals surface area contributed by atoms with Crippen molar-refractivity contribution in [2.75, 3.05) is 13.2 Å². The third kappa shape index (κ3) is 4.38. The zero-order valence-electron chi connectivity index (χ0n) is 12.1. The SMILES string of the molecule is CCO[Si](CCC(C)C)(OCC)C1CCCC1. The van der Waals surface area contributed by atoms with E-state index in [2.05, 4.69) is 27.7 Å². The Kier molecular flexibility index (Phi) is 6.74. The van der Waals surface area contributed by atoms with E-state index in [-0.39, 0.29) is 0 Å². The van der Waals surface area contributed by atoms with E-state index in [0.29, 0.717) is 0 Å². The van der Waals surface area contributed by atoms with E-state index in [1.165, 1.54) is 38.1 Å². The second-order valence-corrected chi connectivity index (χ2v) is 9.11. The second-order valence-electron chi connectivity index (χ2n) is 5.59. The number of rotatable bonds is 8. The van der Waals surface area contributed by atoms with Gasteiger partial charge in [-0.15, -0.1) is 0 Å². The molecule has 0 atom stereocenters. The van der Waals surface area contributed by atoms with Gasteiger partial charge in [-0.2, -0.15) is 0 Å². The Morgan fingerprint density at radius 2 is 1.59 bits per heavy atom. The third-order valence-electron chi connectivity index (χ3n) is 3.82. The monoisotopic (exact) mass is 258 g/mol. The molecule has 0 amide bonds. The molecule has 0 radical (unpaired) electrons. The second kappa shape index (κ2) is 7.55. The van der Waals surface area contributed by atoms with Crippen LogP contribution in [0.3, 0.4) is 0 Å². The van der Waals surface area contributed by atoms with Crippen LogP contribution < -0.4 is 0 Å². The topological polar surface area (TPSA) is 18.5 Å². The predicted octanol–water partition coefficient (Wildman–Crippen LogP) is 4.49. The molecule has 0 bridgehead atoms. The Balaban J connectivity index is 2.69. The van der Waals surface area contributed by atoms with Gasteiger partial charge in [0.1, 0.15) is 0 Å². The van der Waals surface area contributed by atoms with Gasteiger partial charge in [-0.25, -0.2) is 0 Å². The standard InChI is InChI=1S/C14H30O2Si/c1-5-15-17(16-6-2,12-11-13(3)4)14-9-7-8-10-14/h13-14H,5-12H2,1-4H3. The van der Waals surface area contributed by atoms with Crippen molar-refractivity contribution >= 4 is 8.56 Å². The van der Waals surface area contributed by atoms with Crippen LogP contribution in [0.4, 0.5) is 0 Å². The molecule has 0 spiro atoms. The van der Waals surface area contributed by atoms with Gasteiger partial charge in [0, 0.05) is 18.8 Å². The molecule has 1 saturated carbocycles. The first-order valence-corrected chi connectivity index (χ1v) is 9.52. The molecule has 0 aromatic carbocycles. The number of hydrogen-bond acceptors (Lipinski definition) is 2. The van der Waals surface area contributed by atoms with Gasteiger partial charge >= 0.3 is 8.56 Å². The molecule has 1 aliphatic carbocycles. The molecule has 0 aromatic heterocycles. The average Bonchev–Trinajstić information content (AvgIpc) is 2.80. The van der Waals surface area contributed by atoms with Crippen LogP contribution in [0.5, 0.6) is 0 Å². The number of hydrogen-bond donors (Lipinski definition) is 0. The van der Waals surface area contributed by atoms with Crippen molar-refractivity contribution in [2.24, 2.45) is 5.92 Å². The van der Waals surface area contributed by atoms with Crippen molar-refractivity contribution in [1.29, 1.82) is 0 Å². The highest BCUT2D eigenvalue weighted by Gasteiger charge is 2.46. The normalized spacial score (nSPS) is 18.2. The molecule has 2 nitrogen and oxygen atoms in total. The summed E-state index contributed by atoms with van der Waals surface area (Å²) in [6, 6.07) is 1.19. The largest absolute Gasteiger partial charge is 0.394 e. The molecular weight excluding hydrogens is 228 g/mol. The lowest BCUT2D eigenvalue weighted by molar-refractivity contribution is 0.169. The van der Waals surface area contributed by atoms with E-state index in [1.54, 1.807) is 0 Å².